The Morgan fingerprint density at radius 1 is 1.00 bits per heavy atom. The van der Waals surface area contributed by atoms with Gasteiger partial charge in [-0.15, -0.1) is 0 Å². The maximum Gasteiger partial charge on any atom is 0.227 e. The van der Waals surface area contributed by atoms with Crippen molar-refractivity contribution in [2.24, 2.45) is 0 Å². The second-order valence-corrected chi connectivity index (χ2v) is 7.77. The summed E-state index contributed by atoms with van der Waals surface area (Å²) in [5.41, 5.74) is 3.50. The molecule has 136 valence electrons. The highest BCUT2D eigenvalue weighted by molar-refractivity contribution is 5.79. The first-order valence-electron chi connectivity index (χ1n) is 9.85. The predicted molar refractivity (Wildman–Crippen MR) is 106 cm³/mol. The number of rotatable bonds is 5. The van der Waals surface area contributed by atoms with Crippen LogP contribution in [0.2, 0.25) is 0 Å². The van der Waals surface area contributed by atoms with Crippen LogP contribution in [-0.2, 0) is 11.2 Å². The van der Waals surface area contributed by atoms with Crippen molar-refractivity contribution in [2.45, 2.75) is 44.2 Å². The molecule has 0 radical (unpaired) electrons. The summed E-state index contributed by atoms with van der Waals surface area (Å²) in [5, 5.41) is 0. The molecule has 2 fully saturated rings. The van der Waals surface area contributed by atoms with Crippen LogP contribution in [0.25, 0.3) is 11.1 Å². The van der Waals surface area contributed by atoms with Crippen LogP contribution in [0.4, 0.5) is 0 Å². The van der Waals surface area contributed by atoms with E-state index in [-0.39, 0.29) is 5.91 Å². The van der Waals surface area contributed by atoms with Gasteiger partial charge >= 0.3 is 0 Å². The molecule has 0 bridgehead atoms. The lowest BCUT2D eigenvalue weighted by Gasteiger charge is -2.35. The lowest BCUT2D eigenvalue weighted by atomic mass is 9.92. The maximum absolute atomic E-state index is 12.7. The van der Waals surface area contributed by atoms with E-state index in [9.17, 15) is 4.79 Å². The summed E-state index contributed by atoms with van der Waals surface area (Å²) in [7, 11) is 1.98. The first-order valence-corrected chi connectivity index (χ1v) is 9.85. The molecule has 2 aromatic rings. The monoisotopic (exact) mass is 348 g/mol. The molecule has 26 heavy (non-hydrogen) atoms. The van der Waals surface area contributed by atoms with Crippen LogP contribution in [0.5, 0.6) is 0 Å². The Morgan fingerprint density at radius 3 is 2.35 bits per heavy atom. The molecule has 0 spiro atoms. The van der Waals surface area contributed by atoms with E-state index in [1.165, 1.54) is 30.4 Å². The molecular weight excluding hydrogens is 320 g/mol. The second-order valence-electron chi connectivity index (χ2n) is 7.77. The molecule has 3 nitrogen and oxygen atoms in total. The van der Waals surface area contributed by atoms with Gasteiger partial charge in [0.25, 0.3) is 0 Å². The third kappa shape index (κ3) is 3.68. The maximum atomic E-state index is 12.7. The van der Waals surface area contributed by atoms with Gasteiger partial charge in [-0.1, -0.05) is 61.0 Å². The van der Waals surface area contributed by atoms with Crippen molar-refractivity contribution in [3.8, 4) is 11.1 Å². The molecule has 1 saturated heterocycles. The van der Waals surface area contributed by atoms with E-state index < -0.39 is 0 Å². The second kappa shape index (κ2) is 7.63. The van der Waals surface area contributed by atoms with Gasteiger partial charge in [0.05, 0.1) is 6.42 Å². The number of likely N-dealkylation sites (N-methyl/N-ethyl adjacent to an activating group) is 1. The largest absolute Gasteiger partial charge is 0.341 e. The first kappa shape index (κ1) is 17.3. The van der Waals surface area contributed by atoms with E-state index in [2.05, 4.69) is 53.4 Å². The molecule has 1 atom stereocenters. The van der Waals surface area contributed by atoms with Gasteiger partial charge in [0.1, 0.15) is 0 Å². The Kier molecular flexibility index (Phi) is 5.07. The van der Waals surface area contributed by atoms with Gasteiger partial charge in [-0.25, -0.2) is 0 Å². The Hall–Kier alpha value is -2.13. The summed E-state index contributed by atoms with van der Waals surface area (Å²) < 4.78 is 0. The van der Waals surface area contributed by atoms with Gasteiger partial charge in [0, 0.05) is 32.2 Å². The minimum absolute atomic E-state index is 0.234. The van der Waals surface area contributed by atoms with Crippen molar-refractivity contribution < 1.29 is 4.79 Å². The molecule has 4 rings (SSSR count). The van der Waals surface area contributed by atoms with Crippen molar-refractivity contribution in [1.82, 2.24) is 9.80 Å². The zero-order valence-corrected chi connectivity index (χ0v) is 15.6. The average Bonchev–Trinajstić information content (AvgIpc) is 3.10. The van der Waals surface area contributed by atoms with E-state index in [4.69, 9.17) is 0 Å². The lowest BCUT2D eigenvalue weighted by Crippen LogP contribution is -2.43. The number of amides is 1. The molecule has 3 heteroatoms. The molecule has 0 N–H and O–H groups in total. The van der Waals surface area contributed by atoms with E-state index in [0.717, 1.165) is 31.1 Å². The number of carbonyl (C=O) groups excluding carboxylic acids is 1. The molecule has 1 amide bonds. The molecule has 1 aliphatic carbocycles. The van der Waals surface area contributed by atoms with Crippen LogP contribution in [0, 0.1) is 0 Å². The highest BCUT2D eigenvalue weighted by Crippen LogP contribution is 2.29. The van der Waals surface area contributed by atoms with Crippen LogP contribution in [0.3, 0.4) is 0 Å². The van der Waals surface area contributed by atoms with Crippen molar-refractivity contribution in [3.05, 3.63) is 60.2 Å². The third-order valence-corrected chi connectivity index (χ3v) is 6.14. The Bertz CT molecular complexity index is 737. The fourth-order valence-corrected chi connectivity index (χ4v) is 4.12. The van der Waals surface area contributed by atoms with Crippen LogP contribution in [0.1, 0.15) is 31.2 Å². The topological polar surface area (TPSA) is 23.6 Å². The number of hydrogen-bond acceptors (Lipinski definition) is 2. The summed E-state index contributed by atoms with van der Waals surface area (Å²) in [5.74, 6) is 0.234. The van der Waals surface area contributed by atoms with Crippen LogP contribution in [0.15, 0.2) is 54.6 Å². The summed E-state index contributed by atoms with van der Waals surface area (Å²) in [6, 6.07) is 19.9. The number of hydrogen-bond donors (Lipinski definition) is 0. The molecule has 0 aromatic heterocycles. The molecule has 1 aliphatic heterocycles. The Labute approximate surface area is 156 Å². The smallest absolute Gasteiger partial charge is 0.227 e. The zero-order valence-electron chi connectivity index (χ0n) is 15.6. The summed E-state index contributed by atoms with van der Waals surface area (Å²) in [6.45, 7) is 2.21. The van der Waals surface area contributed by atoms with E-state index in [0.29, 0.717) is 12.5 Å². The minimum Gasteiger partial charge on any atom is -0.341 e. The number of nitrogens with zero attached hydrogens (tertiary/aromatic N) is 2. The minimum atomic E-state index is 0.234. The quantitative estimate of drug-likeness (QED) is 0.816. The average molecular weight is 348 g/mol. The molecule has 2 aromatic carbocycles. The number of likely N-dealkylation sites (tertiary alicyclic amines) is 1. The van der Waals surface area contributed by atoms with Crippen LogP contribution in [-0.4, -0.2) is 47.9 Å². The Balaban J connectivity index is 1.34. The van der Waals surface area contributed by atoms with Gasteiger partial charge in [0.2, 0.25) is 5.91 Å². The standard InChI is InChI=1S/C23H28N2O/c1-24(22-14-15-25(17-22)21-8-5-9-21)23(26)16-18-10-12-20(13-11-18)19-6-3-2-4-7-19/h2-4,6-7,10-13,21-22H,5,8-9,14-17H2,1H3. The summed E-state index contributed by atoms with van der Waals surface area (Å²) in [4.78, 5) is 17.3. The molecule has 1 heterocycles. The SMILES string of the molecule is CN(C(=O)Cc1ccc(-c2ccccc2)cc1)C1CCN(C2CCC2)C1. The highest BCUT2D eigenvalue weighted by Gasteiger charge is 2.34. The van der Waals surface area contributed by atoms with Crippen molar-refractivity contribution in [1.29, 1.82) is 0 Å². The van der Waals surface area contributed by atoms with Crippen LogP contribution < -0.4 is 0 Å². The number of carbonyl (C=O) groups is 1. The van der Waals surface area contributed by atoms with Crippen LogP contribution >= 0.6 is 0 Å². The predicted octanol–water partition coefficient (Wildman–Crippen LogP) is 3.98. The van der Waals surface area contributed by atoms with E-state index in [1.807, 2.05) is 18.0 Å². The molecule has 1 unspecified atom stereocenters. The van der Waals surface area contributed by atoms with Gasteiger partial charge in [-0.2, -0.15) is 0 Å². The summed E-state index contributed by atoms with van der Waals surface area (Å²) >= 11 is 0. The fourth-order valence-electron chi connectivity index (χ4n) is 4.12. The summed E-state index contributed by atoms with van der Waals surface area (Å²) in [6.07, 6.45) is 5.67. The van der Waals surface area contributed by atoms with E-state index >= 15 is 0 Å². The van der Waals surface area contributed by atoms with Gasteiger partial charge in [-0.3, -0.25) is 9.69 Å². The molecule has 2 aliphatic rings. The van der Waals surface area contributed by atoms with Crippen molar-refractivity contribution >= 4 is 5.91 Å². The lowest BCUT2D eigenvalue weighted by molar-refractivity contribution is -0.131. The normalized spacial score (nSPS) is 20.7. The highest BCUT2D eigenvalue weighted by atomic mass is 16.2. The van der Waals surface area contributed by atoms with Crippen molar-refractivity contribution in [2.75, 3.05) is 20.1 Å². The van der Waals surface area contributed by atoms with Crippen molar-refractivity contribution in [3.63, 3.8) is 0 Å². The fraction of sp³-hybridized carbons (Fsp3) is 0.435. The zero-order chi connectivity index (χ0) is 17.9. The third-order valence-electron chi connectivity index (χ3n) is 6.14. The molecule has 1 saturated carbocycles. The Morgan fingerprint density at radius 2 is 1.69 bits per heavy atom. The number of benzene rings is 2. The van der Waals surface area contributed by atoms with Gasteiger partial charge in [-0.05, 0) is 36.0 Å². The molecular formula is C23H28N2O. The van der Waals surface area contributed by atoms with E-state index in [1.54, 1.807) is 0 Å². The first-order chi connectivity index (χ1) is 12.7. The van der Waals surface area contributed by atoms with Gasteiger partial charge in [0.15, 0.2) is 0 Å². The van der Waals surface area contributed by atoms with Gasteiger partial charge < -0.3 is 4.90 Å².